The van der Waals surface area contributed by atoms with Gasteiger partial charge in [0.1, 0.15) is 0 Å². The second-order valence-electron chi connectivity index (χ2n) is 3.12. The van der Waals surface area contributed by atoms with Crippen LogP contribution in [0.3, 0.4) is 0 Å². The van der Waals surface area contributed by atoms with Gasteiger partial charge in [0.25, 0.3) is 0 Å². The quantitative estimate of drug-likeness (QED) is 0.523. The summed E-state index contributed by atoms with van der Waals surface area (Å²) < 4.78 is 3.61. The summed E-state index contributed by atoms with van der Waals surface area (Å²) in [6, 6.07) is 0. The molecule has 10 heavy (non-hydrogen) atoms. The Kier molecular flexibility index (Phi) is 3.27. The Morgan fingerprint density at radius 1 is 1.40 bits per heavy atom. The van der Waals surface area contributed by atoms with E-state index in [0.717, 1.165) is 7.93 Å². The van der Waals surface area contributed by atoms with E-state index in [0.29, 0.717) is 0 Å². The average Bonchev–Trinajstić information content (AvgIpc) is 2.20. The molecule has 1 rings (SSSR count). The third kappa shape index (κ3) is 1.77. The Bertz CT molecular complexity index is 110. The van der Waals surface area contributed by atoms with Gasteiger partial charge in [0.2, 0.25) is 0 Å². The second-order valence-corrected chi connectivity index (χ2v) is 11.3. The Morgan fingerprint density at radius 2 is 1.90 bits per heavy atom. The van der Waals surface area contributed by atoms with Crippen molar-refractivity contribution in [3.8, 4) is 0 Å². The van der Waals surface area contributed by atoms with Crippen molar-refractivity contribution in [3.63, 3.8) is 0 Å². The zero-order valence-electron chi connectivity index (χ0n) is 6.97. The molecule has 1 saturated heterocycles. The van der Waals surface area contributed by atoms with Crippen LogP contribution in [0.5, 0.6) is 0 Å². The van der Waals surface area contributed by atoms with Crippen LogP contribution in [-0.2, 0) is 0 Å². The monoisotopic (exact) mass is 255 g/mol. The molecule has 1 heterocycles. The SMILES string of the molecule is C=CC[Te+]1[C@H](C)CC[C@H]1C. The zero-order valence-corrected chi connectivity index (χ0v) is 9.30. The van der Waals surface area contributed by atoms with Crippen LogP contribution >= 0.6 is 0 Å². The van der Waals surface area contributed by atoms with Gasteiger partial charge in [-0.1, -0.05) is 0 Å². The maximum absolute atomic E-state index is 3.84. The van der Waals surface area contributed by atoms with Gasteiger partial charge < -0.3 is 0 Å². The molecular weight excluding hydrogens is 236 g/mol. The molecule has 58 valence electrons. The molecule has 0 bridgehead atoms. The first kappa shape index (κ1) is 8.62. The molecule has 0 unspecified atom stereocenters. The molecule has 1 heteroatoms. The van der Waals surface area contributed by atoms with Crippen LogP contribution < -0.4 is 0 Å². The predicted molar refractivity (Wildman–Crippen MR) is 48.8 cm³/mol. The first-order chi connectivity index (χ1) is 4.75. The molecule has 0 spiro atoms. The average molecular weight is 253 g/mol. The van der Waals surface area contributed by atoms with Crippen LogP contribution in [0.15, 0.2) is 12.7 Å². The molecule has 0 aromatic carbocycles. The topological polar surface area (TPSA) is 0 Å². The van der Waals surface area contributed by atoms with Gasteiger partial charge in [0.05, 0.1) is 0 Å². The molecule has 0 aromatic rings. The van der Waals surface area contributed by atoms with Gasteiger partial charge in [0, 0.05) is 0 Å². The van der Waals surface area contributed by atoms with Gasteiger partial charge in [-0.05, 0) is 0 Å². The fourth-order valence-electron chi connectivity index (χ4n) is 1.63. The molecule has 0 N–H and O–H groups in total. The molecule has 1 aliphatic rings. The van der Waals surface area contributed by atoms with Crippen LogP contribution in [0, 0.1) is 0 Å². The van der Waals surface area contributed by atoms with E-state index in [9.17, 15) is 0 Å². The zero-order chi connectivity index (χ0) is 7.56. The fraction of sp³-hybridized carbons (Fsp3) is 0.778. The summed E-state index contributed by atoms with van der Waals surface area (Å²) in [5.41, 5.74) is 0. The van der Waals surface area contributed by atoms with Crippen molar-refractivity contribution in [2.45, 2.75) is 39.1 Å². The van der Waals surface area contributed by atoms with Crippen molar-refractivity contribution in [2.75, 3.05) is 0 Å². The van der Waals surface area contributed by atoms with E-state index in [1.54, 1.807) is 0 Å². The van der Waals surface area contributed by atoms with Crippen LogP contribution in [0.2, 0.25) is 12.4 Å². The van der Waals surface area contributed by atoms with Crippen LogP contribution in [0.4, 0.5) is 0 Å². The minimum absolute atomic E-state index is 0.682. The van der Waals surface area contributed by atoms with Gasteiger partial charge in [-0.15, -0.1) is 0 Å². The van der Waals surface area contributed by atoms with Crippen molar-refractivity contribution in [3.05, 3.63) is 12.7 Å². The molecule has 1 aliphatic heterocycles. The number of hydrogen-bond donors (Lipinski definition) is 0. The van der Waals surface area contributed by atoms with E-state index in [4.69, 9.17) is 0 Å². The van der Waals surface area contributed by atoms with Crippen LogP contribution in [-0.4, -0.2) is 19.6 Å². The van der Waals surface area contributed by atoms with Crippen LogP contribution in [0.25, 0.3) is 0 Å². The third-order valence-corrected chi connectivity index (χ3v) is 11.3. The Balaban J connectivity index is 2.45. The molecule has 0 aromatic heterocycles. The summed E-state index contributed by atoms with van der Waals surface area (Å²) in [6.45, 7) is 8.73. The summed E-state index contributed by atoms with van der Waals surface area (Å²) in [7, 11) is 0. The number of rotatable bonds is 2. The van der Waals surface area contributed by atoms with Gasteiger partial charge in [-0.2, -0.15) is 0 Å². The summed E-state index contributed by atoms with van der Waals surface area (Å²) >= 11 is -0.682. The molecule has 2 atom stereocenters. The van der Waals surface area contributed by atoms with Crippen molar-refractivity contribution in [2.24, 2.45) is 0 Å². The van der Waals surface area contributed by atoms with E-state index in [-0.39, 0.29) is 0 Å². The molecule has 0 amide bonds. The molecule has 1 fully saturated rings. The Hall–Kier alpha value is 0.530. The van der Waals surface area contributed by atoms with Gasteiger partial charge >= 0.3 is 71.3 Å². The van der Waals surface area contributed by atoms with Gasteiger partial charge in [-0.25, -0.2) is 0 Å². The molecule has 0 saturated carbocycles. The summed E-state index contributed by atoms with van der Waals surface area (Å²) in [4.78, 5) is 0. The Labute approximate surface area is 71.3 Å². The third-order valence-electron chi connectivity index (χ3n) is 2.32. The van der Waals surface area contributed by atoms with E-state index in [1.165, 1.54) is 17.3 Å². The molecule has 0 nitrogen and oxygen atoms in total. The van der Waals surface area contributed by atoms with Crippen molar-refractivity contribution < 1.29 is 0 Å². The first-order valence-electron chi connectivity index (χ1n) is 4.05. The van der Waals surface area contributed by atoms with E-state index in [1.807, 2.05) is 0 Å². The number of hydrogen-bond acceptors (Lipinski definition) is 0. The first-order valence-corrected chi connectivity index (χ1v) is 8.39. The van der Waals surface area contributed by atoms with Gasteiger partial charge in [-0.3, -0.25) is 0 Å². The van der Waals surface area contributed by atoms with Crippen LogP contribution in [0.1, 0.15) is 26.7 Å². The van der Waals surface area contributed by atoms with Crippen molar-refractivity contribution >= 4 is 19.6 Å². The molecular formula is C9H17Te+. The minimum atomic E-state index is -0.682. The van der Waals surface area contributed by atoms with E-state index >= 15 is 0 Å². The maximum atomic E-state index is 3.84. The molecule has 0 aliphatic carbocycles. The normalized spacial score (nSPS) is 34.6. The predicted octanol–water partition coefficient (Wildman–Crippen LogP) is 3.24. The fourth-order valence-corrected chi connectivity index (χ4v) is 9.05. The van der Waals surface area contributed by atoms with Crippen molar-refractivity contribution in [1.29, 1.82) is 0 Å². The second kappa shape index (κ2) is 3.79. The van der Waals surface area contributed by atoms with Crippen molar-refractivity contribution in [1.82, 2.24) is 0 Å². The molecule has 0 radical (unpaired) electrons. The summed E-state index contributed by atoms with van der Waals surface area (Å²) in [5, 5.41) is 0. The van der Waals surface area contributed by atoms with E-state index < -0.39 is 19.6 Å². The van der Waals surface area contributed by atoms with Gasteiger partial charge in [0.15, 0.2) is 0 Å². The summed E-state index contributed by atoms with van der Waals surface area (Å²) in [5.74, 6) is 0. The Morgan fingerprint density at radius 3 is 2.30 bits per heavy atom. The number of allylic oxidation sites excluding steroid dienone is 1. The standard InChI is InChI=1S/C9H17Te/c1-4-7-10-8(2)5-6-9(10)3/h4,8-9H,1,5-7H2,2-3H3/q+1/t8-,9-/m1/s1. The van der Waals surface area contributed by atoms with E-state index in [2.05, 4.69) is 26.5 Å². The summed E-state index contributed by atoms with van der Waals surface area (Å²) in [6.07, 6.45) is 5.16.